The lowest BCUT2D eigenvalue weighted by Gasteiger charge is -2.17. The molecule has 1 fully saturated rings. The maximum Gasteiger partial charge on any atom is 0.319 e. The molecule has 12 heavy (non-hydrogen) atoms. The third-order valence-corrected chi connectivity index (χ3v) is 1.93. The van der Waals surface area contributed by atoms with E-state index in [1.807, 2.05) is 0 Å². The van der Waals surface area contributed by atoms with Gasteiger partial charge in [-0.2, -0.15) is 0 Å². The molecule has 1 heterocycles. The van der Waals surface area contributed by atoms with Gasteiger partial charge in [0.05, 0.1) is 7.11 Å². The Morgan fingerprint density at radius 1 is 1.83 bits per heavy atom. The Bertz CT molecular complexity index is 228. The number of nitrogens with zero attached hydrogens (tertiary/aromatic N) is 3. The smallest absolute Gasteiger partial charge is 0.319 e. The maximum absolute atomic E-state index is 11.2. The minimum Gasteiger partial charge on any atom is -0.468 e. The first-order chi connectivity index (χ1) is 5.75. The summed E-state index contributed by atoms with van der Waals surface area (Å²) in [5.74, 6) is -0.467. The zero-order valence-corrected chi connectivity index (χ0v) is 6.78. The molecule has 1 rings (SSSR count). The zero-order valence-electron chi connectivity index (χ0n) is 6.78. The Balaban J connectivity index is 2.85. The van der Waals surface area contributed by atoms with Crippen LogP contribution in [0.15, 0.2) is 5.11 Å². The number of carbonyl (C=O) groups is 1. The van der Waals surface area contributed by atoms with Crippen LogP contribution in [0.2, 0.25) is 0 Å². The molecule has 0 bridgehead atoms. The third kappa shape index (κ3) is 1.34. The van der Waals surface area contributed by atoms with E-state index in [0.717, 1.165) is 0 Å². The summed E-state index contributed by atoms with van der Waals surface area (Å²) in [6.45, 7) is 1.04. The van der Waals surface area contributed by atoms with E-state index in [-0.39, 0.29) is 0 Å². The molecule has 0 aromatic carbocycles. The average molecular weight is 170 g/mol. The molecule has 1 atom stereocenters. The zero-order chi connectivity index (χ0) is 9.03. The monoisotopic (exact) mass is 170 g/mol. The van der Waals surface area contributed by atoms with Gasteiger partial charge >= 0.3 is 5.97 Å². The second kappa shape index (κ2) is 3.42. The van der Waals surface area contributed by atoms with Gasteiger partial charge in [0.1, 0.15) is 0 Å². The quantitative estimate of drug-likeness (QED) is 0.278. The van der Waals surface area contributed by atoms with Crippen LogP contribution in [0, 0.1) is 0 Å². The molecule has 1 N–H and O–H groups in total. The highest BCUT2D eigenvalue weighted by Crippen LogP contribution is 2.21. The molecule has 0 aromatic rings. The molecular weight excluding hydrogens is 160 g/mol. The summed E-state index contributed by atoms with van der Waals surface area (Å²) in [4.78, 5) is 13.8. The molecule has 1 unspecified atom stereocenters. The summed E-state index contributed by atoms with van der Waals surface area (Å²) < 4.78 is 4.55. The number of ether oxygens (including phenoxy) is 1. The molecule has 6 nitrogen and oxygen atoms in total. The van der Waals surface area contributed by atoms with Gasteiger partial charge in [-0.25, -0.2) is 0 Å². The molecule has 0 aliphatic carbocycles. The van der Waals surface area contributed by atoms with E-state index in [1.165, 1.54) is 7.11 Å². The second-order valence-electron chi connectivity index (χ2n) is 2.64. The van der Waals surface area contributed by atoms with Crippen LogP contribution in [-0.4, -0.2) is 31.7 Å². The number of esters is 1. The van der Waals surface area contributed by atoms with Crippen molar-refractivity contribution < 1.29 is 9.53 Å². The number of hydrogen-bond donors (Lipinski definition) is 1. The lowest BCUT2D eigenvalue weighted by molar-refractivity contribution is -0.146. The minimum atomic E-state index is -1.01. The van der Waals surface area contributed by atoms with Crippen molar-refractivity contribution in [1.29, 1.82) is 0 Å². The number of carbonyl (C=O) groups excluding carboxylic acids is 1. The second-order valence-corrected chi connectivity index (χ2v) is 2.64. The van der Waals surface area contributed by atoms with Crippen LogP contribution in [0.4, 0.5) is 0 Å². The van der Waals surface area contributed by atoms with E-state index < -0.39 is 11.5 Å². The molecule has 66 valence electrons. The van der Waals surface area contributed by atoms with Crippen molar-refractivity contribution in [2.45, 2.75) is 12.0 Å². The van der Waals surface area contributed by atoms with E-state index in [2.05, 4.69) is 20.1 Å². The number of nitrogens with one attached hydrogen (secondary N) is 1. The van der Waals surface area contributed by atoms with Crippen molar-refractivity contribution in [2.24, 2.45) is 5.11 Å². The molecule has 0 spiro atoms. The van der Waals surface area contributed by atoms with Crippen LogP contribution in [0.25, 0.3) is 10.4 Å². The van der Waals surface area contributed by atoms with Crippen molar-refractivity contribution in [2.75, 3.05) is 20.2 Å². The summed E-state index contributed by atoms with van der Waals surface area (Å²) in [6, 6.07) is 0. The fraction of sp³-hybridized carbons (Fsp3) is 0.833. The van der Waals surface area contributed by atoms with Gasteiger partial charge in [-0.05, 0) is 18.5 Å². The molecular formula is C6H10N4O2. The van der Waals surface area contributed by atoms with Gasteiger partial charge in [-0.1, -0.05) is 5.11 Å². The van der Waals surface area contributed by atoms with E-state index in [1.54, 1.807) is 0 Å². The molecule has 0 amide bonds. The highest BCUT2D eigenvalue weighted by molar-refractivity contribution is 5.81. The Morgan fingerprint density at radius 3 is 3.00 bits per heavy atom. The van der Waals surface area contributed by atoms with Crippen LogP contribution in [0.5, 0.6) is 0 Å². The molecule has 1 saturated heterocycles. The maximum atomic E-state index is 11.2. The summed E-state index contributed by atoms with van der Waals surface area (Å²) in [6.07, 6.45) is 0.504. The van der Waals surface area contributed by atoms with Gasteiger partial charge in [-0.3, -0.25) is 4.79 Å². The topological polar surface area (TPSA) is 87.1 Å². The number of azide groups is 1. The molecule has 0 aromatic heterocycles. The van der Waals surface area contributed by atoms with Crippen LogP contribution in [-0.2, 0) is 9.53 Å². The normalized spacial score (nSPS) is 27.8. The van der Waals surface area contributed by atoms with Crippen LogP contribution >= 0.6 is 0 Å². The fourth-order valence-electron chi connectivity index (χ4n) is 1.25. The van der Waals surface area contributed by atoms with Gasteiger partial charge in [0.2, 0.25) is 0 Å². The van der Waals surface area contributed by atoms with Crippen molar-refractivity contribution in [3.05, 3.63) is 10.4 Å². The average Bonchev–Trinajstić information content (AvgIpc) is 2.53. The van der Waals surface area contributed by atoms with Crippen molar-refractivity contribution >= 4 is 5.97 Å². The van der Waals surface area contributed by atoms with Gasteiger partial charge < -0.3 is 10.1 Å². The Hall–Kier alpha value is -1.26. The lowest BCUT2D eigenvalue weighted by Crippen LogP contribution is -2.39. The van der Waals surface area contributed by atoms with Crippen LogP contribution in [0.1, 0.15) is 6.42 Å². The fourth-order valence-corrected chi connectivity index (χ4v) is 1.25. The minimum absolute atomic E-state index is 0.365. The first kappa shape index (κ1) is 8.83. The first-order valence-corrected chi connectivity index (χ1v) is 3.60. The highest BCUT2D eigenvalue weighted by Gasteiger charge is 2.41. The van der Waals surface area contributed by atoms with Gasteiger partial charge in [0.25, 0.3) is 0 Å². The lowest BCUT2D eigenvalue weighted by atomic mass is 10.0. The number of rotatable bonds is 2. The molecule has 0 saturated carbocycles. The van der Waals surface area contributed by atoms with Crippen molar-refractivity contribution in [3.8, 4) is 0 Å². The molecule has 6 heteroatoms. The van der Waals surface area contributed by atoms with E-state index in [9.17, 15) is 4.79 Å². The largest absolute Gasteiger partial charge is 0.468 e. The molecule has 1 aliphatic rings. The highest BCUT2D eigenvalue weighted by atomic mass is 16.5. The van der Waals surface area contributed by atoms with E-state index in [4.69, 9.17) is 5.53 Å². The Labute approximate surface area is 69.5 Å². The van der Waals surface area contributed by atoms with Gasteiger partial charge in [0, 0.05) is 11.5 Å². The Kier molecular flexibility index (Phi) is 2.52. The predicted molar refractivity (Wildman–Crippen MR) is 41.4 cm³/mol. The first-order valence-electron chi connectivity index (χ1n) is 3.60. The molecule has 1 aliphatic heterocycles. The van der Waals surface area contributed by atoms with Gasteiger partial charge in [0.15, 0.2) is 5.54 Å². The van der Waals surface area contributed by atoms with Gasteiger partial charge in [-0.15, -0.1) is 0 Å². The van der Waals surface area contributed by atoms with Crippen molar-refractivity contribution in [3.63, 3.8) is 0 Å². The molecule has 0 radical (unpaired) electrons. The van der Waals surface area contributed by atoms with Crippen LogP contribution in [0.3, 0.4) is 0 Å². The van der Waals surface area contributed by atoms with E-state index in [0.29, 0.717) is 19.5 Å². The third-order valence-electron chi connectivity index (χ3n) is 1.93. The summed E-state index contributed by atoms with van der Waals surface area (Å²) in [7, 11) is 1.29. The summed E-state index contributed by atoms with van der Waals surface area (Å²) >= 11 is 0. The standard InChI is InChI=1S/C6H10N4O2/c1-12-5(11)6(9-10-7)2-3-8-4-6/h8H,2-4H2,1H3. The number of methoxy groups -OCH3 is 1. The predicted octanol–water partition coefficient (Wildman–Crippen LogP) is 0.202. The summed E-state index contributed by atoms with van der Waals surface area (Å²) in [5, 5.41) is 6.42. The number of hydrogen-bond acceptors (Lipinski definition) is 4. The van der Waals surface area contributed by atoms with E-state index >= 15 is 0 Å². The van der Waals surface area contributed by atoms with Crippen molar-refractivity contribution in [1.82, 2.24) is 5.32 Å². The summed E-state index contributed by atoms with van der Waals surface area (Å²) in [5.41, 5.74) is 7.25. The Morgan fingerprint density at radius 2 is 2.58 bits per heavy atom. The SMILES string of the molecule is COC(=O)C1(N=[N+]=[N-])CCNC1. The van der Waals surface area contributed by atoms with Crippen LogP contribution < -0.4 is 5.32 Å².